The van der Waals surface area contributed by atoms with Crippen LogP contribution in [0.2, 0.25) is 0 Å². The van der Waals surface area contributed by atoms with Gasteiger partial charge in [0.25, 0.3) is 0 Å². The molecule has 4 nitrogen and oxygen atoms in total. The molecule has 0 aliphatic carbocycles. The van der Waals surface area contributed by atoms with Crippen molar-refractivity contribution in [1.29, 1.82) is 0 Å². The highest BCUT2D eigenvalue weighted by molar-refractivity contribution is 6.29. The monoisotopic (exact) mass is 766 g/mol. The minimum absolute atomic E-state index is 0.330. The lowest BCUT2D eigenvalue weighted by Gasteiger charge is -2.32. The number of rotatable bonds is 6. The summed E-state index contributed by atoms with van der Waals surface area (Å²) in [5.41, 5.74) is 8.97. The van der Waals surface area contributed by atoms with Gasteiger partial charge < -0.3 is 18.6 Å². The van der Waals surface area contributed by atoms with Crippen LogP contribution in [0.5, 0.6) is 0 Å². The van der Waals surface area contributed by atoms with Crippen LogP contribution in [0.1, 0.15) is 5.56 Å². The Balaban J connectivity index is 1.25. The van der Waals surface area contributed by atoms with Crippen molar-refractivity contribution in [1.82, 2.24) is 0 Å². The van der Waals surface area contributed by atoms with Gasteiger partial charge in [0, 0.05) is 49.1 Å². The third-order valence-corrected chi connectivity index (χ3v) is 11.7. The maximum Gasteiger partial charge on any atom is 0.159 e. The average Bonchev–Trinajstić information content (AvgIpc) is 3.84. The van der Waals surface area contributed by atoms with Crippen LogP contribution in [0, 0.1) is 18.6 Å². The third-order valence-electron chi connectivity index (χ3n) is 11.7. The van der Waals surface area contributed by atoms with Gasteiger partial charge in [0.05, 0.1) is 22.7 Å². The molecule has 0 saturated heterocycles. The molecule has 0 unspecified atom stereocenters. The molecule has 0 bridgehead atoms. The molecule has 280 valence electrons. The second-order valence-corrected chi connectivity index (χ2v) is 15.2. The number of aryl methyl sites for hydroxylation is 1. The normalized spacial score (nSPS) is 12.0. The lowest BCUT2D eigenvalue weighted by atomic mass is 9.90. The van der Waals surface area contributed by atoms with Gasteiger partial charge in [-0.2, -0.15) is 0 Å². The second-order valence-electron chi connectivity index (χ2n) is 15.2. The second kappa shape index (κ2) is 12.7. The minimum Gasteiger partial charge on any atom is -0.454 e. The number of anilines is 6. The zero-order chi connectivity index (χ0) is 39.4. The Morgan fingerprint density at radius 3 is 1.29 bits per heavy atom. The van der Waals surface area contributed by atoms with Gasteiger partial charge in [0.2, 0.25) is 0 Å². The first-order valence-corrected chi connectivity index (χ1v) is 19.6. The summed E-state index contributed by atoms with van der Waals surface area (Å²) in [5, 5.41) is 10.4. The van der Waals surface area contributed by atoms with Gasteiger partial charge in [-0.3, -0.25) is 0 Å². The average molecular weight is 767 g/mol. The van der Waals surface area contributed by atoms with E-state index in [0.717, 1.165) is 99.2 Å². The summed E-state index contributed by atoms with van der Waals surface area (Å²) in [6.45, 7) is 2.12. The molecule has 0 amide bonds. The largest absolute Gasteiger partial charge is 0.454 e. The first-order chi connectivity index (χ1) is 29.0. The molecular weight excluding hydrogens is 735 g/mol. The Hall–Kier alpha value is -7.70. The number of benzene rings is 10. The number of hydrogen-bond donors (Lipinski definition) is 0. The van der Waals surface area contributed by atoms with E-state index in [-0.39, 0.29) is 11.6 Å². The molecule has 2 aromatic heterocycles. The molecule has 10 aromatic carbocycles. The van der Waals surface area contributed by atoms with Gasteiger partial charge in [-0.1, -0.05) is 97.1 Å². The molecule has 0 spiro atoms. The SMILES string of the molecule is Cc1cc2ccc3c(N(c4ccc(F)cc4)c4cccc5c4oc4ccccc45)cc(N(c4ccc(F)cc4)c4cccc5c4oc4ccccc45)c4ccc(c1)c2c34. The summed E-state index contributed by atoms with van der Waals surface area (Å²) in [7, 11) is 0. The number of furan rings is 2. The molecule has 0 saturated carbocycles. The van der Waals surface area contributed by atoms with Crippen LogP contribution in [-0.2, 0) is 0 Å². The highest BCUT2D eigenvalue weighted by atomic mass is 19.1. The van der Waals surface area contributed by atoms with E-state index in [2.05, 4.69) is 95.6 Å². The maximum absolute atomic E-state index is 14.8. The number of fused-ring (bicyclic) bond motifs is 6. The summed E-state index contributed by atoms with van der Waals surface area (Å²) in [5.74, 6) is -0.660. The van der Waals surface area contributed by atoms with Crippen LogP contribution in [0.15, 0.2) is 185 Å². The summed E-state index contributed by atoms with van der Waals surface area (Å²) < 4.78 is 43.0. The molecule has 0 fully saturated rings. The smallest absolute Gasteiger partial charge is 0.159 e. The summed E-state index contributed by atoms with van der Waals surface area (Å²) in [6.07, 6.45) is 0. The summed E-state index contributed by atoms with van der Waals surface area (Å²) in [6, 6.07) is 57.1. The van der Waals surface area contributed by atoms with E-state index >= 15 is 0 Å². The highest BCUT2D eigenvalue weighted by Gasteiger charge is 2.28. The Labute approximate surface area is 336 Å². The molecule has 12 rings (SSSR count). The van der Waals surface area contributed by atoms with Gasteiger partial charge in [-0.05, 0) is 108 Å². The molecule has 0 aliphatic rings. The van der Waals surface area contributed by atoms with E-state index in [4.69, 9.17) is 8.83 Å². The van der Waals surface area contributed by atoms with Gasteiger partial charge in [0.15, 0.2) is 11.2 Å². The molecule has 0 aliphatic heterocycles. The molecule has 59 heavy (non-hydrogen) atoms. The van der Waals surface area contributed by atoms with Crippen LogP contribution in [0.25, 0.3) is 76.2 Å². The summed E-state index contributed by atoms with van der Waals surface area (Å²) >= 11 is 0. The third kappa shape index (κ3) is 5.06. The van der Waals surface area contributed by atoms with E-state index in [1.165, 1.54) is 29.8 Å². The lowest BCUT2D eigenvalue weighted by Crippen LogP contribution is -2.15. The molecule has 0 N–H and O–H groups in total. The fraction of sp³-hybridized carbons (Fsp3) is 0.0189. The zero-order valence-corrected chi connectivity index (χ0v) is 31.7. The molecule has 2 heterocycles. The van der Waals surface area contributed by atoms with Crippen LogP contribution < -0.4 is 9.80 Å². The van der Waals surface area contributed by atoms with Gasteiger partial charge in [-0.25, -0.2) is 8.78 Å². The Morgan fingerprint density at radius 2 is 0.814 bits per heavy atom. The lowest BCUT2D eigenvalue weighted by molar-refractivity contribution is 0.627. The summed E-state index contributed by atoms with van der Waals surface area (Å²) in [4.78, 5) is 4.35. The molecular formula is C53H32F2N2O2. The van der Waals surface area contributed by atoms with Gasteiger partial charge in [0.1, 0.15) is 22.8 Å². The number of para-hydroxylation sites is 4. The number of hydrogen-bond acceptors (Lipinski definition) is 4. The van der Waals surface area contributed by atoms with Crippen molar-refractivity contribution >= 4 is 110 Å². The minimum atomic E-state index is -0.330. The van der Waals surface area contributed by atoms with Crippen molar-refractivity contribution in [3.63, 3.8) is 0 Å². The van der Waals surface area contributed by atoms with Crippen molar-refractivity contribution in [2.45, 2.75) is 6.92 Å². The standard InChI is InChI=1S/C53H32F2N2O2/c1-31-28-32-16-26-42-46(56(36-22-18-34(54)19-23-36)44-12-6-10-40-38-8-2-4-14-48(38)58-52(40)44)30-47(43-27-17-33(29-31)50(32)51(42)43)57(37-24-20-35(55)21-25-37)45-13-7-11-41-39-9-3-5-15-49(39)59-53(41)45/h2-30H,1H3. The van der Waals surface area contributed by atoms with Gasteiger partial charge >= 0.3 is 0 Å². The van der Waals surface area contributed by atoms with Crippen molar-refractivity contribution in [3.8, 4) is 0 Å². The van der Waals surface area contributed by atoms with Crippen molar-refractivity contribution in [3.05, 3.63) is 193 Å². The quantitative estimate of drug-likeness (QED) is 0.158. The van der Waals surface area contributed by atoms with Crippen LogP contribution in [-0.4, -0.2) is 0 Å². The van der Waals surface area contributed by atoms with Crippen LogP contribution in [0.3, 0.4) is 0 Å². The first-order valence-electron chi connectivity index (χ1n) is 19.6. The molecule has 12 aromatic rings. The van der Waals surface area contributed by atoms with Crippen molar-refractivity contribution in [2.24, 2.45) is 0 Å². The molecule has 6 heteroatoms. The van der Waals surface area contributed by atoms with Crippen molar-refractivity contribution < 1.29 is 17.6 Å². The Kier molecular flexibility index (Phi) is 7.17. The first kappa shape index (κ1) is 33.4. The number of nitrogens with zero attached hydrogens (tertiary/aromatic N) is 2. The van der Waals surface area contributed by atoms with Crippen LogP contribution in [0.4, 0.5) is 42.9 Å². The Morgan fingerprint density at radius 1 is 0.373 bits per heavy atom. The van der Waals surface area contributed by atoms with E-state index in [1.807, 2.05) is 72.8 Å². The fourth-order valence-corrected chi connectivity index (χ4v) is 9.22. The fourth-order valence-electron chi connectivity index (χ4n) is 9.22. The van der Waals surface area contributed by atoms with E-state index < -0.39 is 0 Å². The zero-order valence-electron chi connectivity index (χ0n) is 31.7. The Bertz CT molecular complexity index is 3380. The predicted octanol–water partition coefficient (Wildman–Crippen LogP) is 15.9. The molecule has 0 radical (unpaired) electrons. The van der Waals surface area contributed by atoms with Crippen LogP contribution >= 0.6 is 0 Å². The van der Waals surface area contributed by atoms with E-state index in [0.29, 0.717) is 11.2 Å². The predicted molar refractivity (Wildman–Crippen MR) is 239 cm³/mol. The maximum atomic E-state index is 14.8. The molecule has 0 atom stereocenters. The van der Waals surface area contributed by atoms with Crippen molar-refractivity contribution in [2.75, 3.05) is 9.80 Å². The topological polar surface area (TPSA) is 32.8 Å². The van der Waals surface area contributed by atoms with E-state index in [1.54, 1.807) is 0 Å². The highest BCUT2D eigenvalue weighted by Crippen LogP contribution is 2.52. The number of halogens is 2. The van der Waals surface area contributed by atoms with Gasteiger partial charge in [-0.15, -0.1) is 0 Å². The van der Waals surface area contributed by atoms with E-state index in [9.17, 15) is 8.78 Å².